The fourth-order valence-electron chi connectivity index (χ4n) is 3.47. The molecule has 0 saturated heterocycles. The normalized spacial score (nSPS) is 11.5. The van der Waals surface area contributed by atoms with Crippen LogP contribution in [0, 0.1) is 6.92 Å². The lowest BCUT2D eigenvalue weighted by atomic mass is 10.0. The Morgan fingerprint density at radius 2 is 1.91 bits per heavy atom. The Hall–Kier alpha value is -3.98. The number of ether oxygens (including phenoxy) is 1. The van der Waals surface area contributed by atoms with E-state index in [1.54, 1.807) is 49.4 Å². The number of pyridine rings is 1. The maximum Gasteiger partial charge on any atom is 0.319 e. The highest BCUT2D eigenvalue weighted by atomic mass is 35.5. The predicted molar refractivity (Wildman–Crippen MR) is 128 cm³/mol. The quantitative estimate of drug-likeness (QED) is 0.382. The summed E-state index contributed by atoms with van der Waals surface area (Å²) in [4.78, 5) is 37.0. The molecular formula is C24H24ClN3O6. The number of carboxylic acids is 1. The summed E-state index contributed by atoms with van der Waals surface area (Å²) in [5.74, 6) is -0.926. The zero-order chi connectivity index (χ0) is 24.8. The number of nitrogens with zero attached hydrogens (tertiary/aromatic N) is 1. The van der Waals surface area contributed by atoms with Gasteiger partial charge in [-0.05, 0) is 41.8 Å². The number of nitrogens with one attached hydrogen (secondary N) is 2. The first-order chi connectivity index (χ1) is 16.2. The minimum absolute atomic E-state index is 0.127. The van der Waals surface area contributed by atoms with E-state index in [4.69, 9.17) is 16.3 Å². The lowest BCUT2D eigenvalue weighted by molar-refractivity contribution is -0.137. The van der Waals surface area contributed by atoms with Gasteiger partial charge >= 0.3 is 12.0 Å². The molecule has 0 fully saturated rings. The number of aliphatic carboxylic acids is 1. The Balaban J connectivity index is 1.83. The van der Waals surface area contributed by atoms with Gasteiger partial charge in [-0.1, -0.05) is 41.9 Å². The molecule has 0 unspecified atom stereocenters. The second kappa shape index (κ2) is 10.8. The average molecular weight is 486 g/mol. The van der Waals surface area contributed by atoms with Crippen molar-refractivity contribution in [3.8, 4) is 11.5 Å². The van der Waals surface area contributed by atoms with Crippen LogP contribution in [0.3, 0.4) is 0 Å². The van der Waals surface area contributed by atoms with Crippen LogP contribution in [0.15, 0.2) is 59.5 Å². The fourth-order valence-corrected chi connectivity index (χ4v) is 3.67. The van der Waals surface area contributed by atoms with Crippen LogP contribution in [-0.2, 0) is 11.3 Å². The molecular weight excluding hydrogens is 462 g/mol. The molecule has 1 atom stereocenters. The zero-order valence-electron chi connectivity index (χ0n) is 18.5. The van der Waals surface area contributed by atoms with Crippen molar-refractivity contribution in [2.45, 2.75) is 25.9 Å². The van der Waals surface area contributed by atoms with Gasteiger partial charge in [-0.15, -0.1) is 0 Å². The number of halogens is 1. The summed E-state index contributed by atoms with van der Waals surface area (Å²) < 4.78 is 6.51. The Kier molecular flexibility index (Phi) is 7.80. The van der Waals surface area contributed by atoms with E-state index in [-0.39, 0.29) is 12.2 Å². The van der Waals surface area contributed by atoms with Gasteiger partial charge in [-0.2, -0.15) is 0 Å². The maximum absolute atomic E-state index is 12.9. The molecule has 0 aliphatic carbocycles. The summed E-state index contributed by atoms with van der Waals surface area (Å²) >= 11 is 6.17. The second-order valence-corrected chi connectivity index (χ2v) is 7.99. The highest BCUT2D eigenvalue weighted by Crippen LogP contribution is 2.25. The van der Waals surface area contributed by atoms with Crippen molar-refractivity contribution in [1.82, 2.24) is 9.88 Å². The van der Waals surface area contributed by atoms with E-state index in [0.717, 1.165) is 5.56 Å². The van der Waals surface area contributed by atoms with E-state index in [9.17, 15) is 24.6 Å². The Morgan fingerprint density at radius 1 is 1.18 bits per heavy atom. The molecule has 0 aliphatic rings. The van der Waals surface area contributed by atoms with Gasteiger partial charge < -0.3 is 30.2 Å². The van der Waals surface area contributed by atoms with Crippen LogP contribution >= 0.6 is 11.6 Å². The van der Waals surface area contributed by atoms with E-state index in [2.05, 4.69) is 10.6 Å². The van der Waals surface area contributed by atoms with E-state index >= 15 is 0 Å². The maximum atomic E-state index is 12.9. The van der Waals surface area contributed by atoms with Crippen molar-refractivity contribution in [3.05, 3.63) is 86.8 Å². The predicted octanol–water partition coefficient (Wildman–Crippen LogP) is 3.91. The van der Waals surface area contributed by atoms with Crippen molar-refractivity contribution in [2.24, 2.45) is 0 Å². The van der Waals surface area contributed by atoms with Crippen LogP contribution in [0.2, 0.25) is 5.02 Å². The number of anilines is 1. The van der Waals surface area contributed by atoms with Crippen LogP contribution in [0.5, 0.6) is 11.5 Å². The van der Waals surface area contributed by atoms with Crippen molar-refractivity contribution < 1.29 is 24.5 Å². The number of hydrogen-bond donors (Lipinski definition) is 4. The number of urea groups is 1. The number of hydrogen-bond acceptors (Lipinski definition) is 5. The van der Waals surface area contributed by atoms with E-state index in [0.29, 0.717) is 21.9 Å². The van der Waals surface area contributed by atoms with Crippen LogP contribution in [0.25, 0.3) is 0 Å². The first-order valence-electron chi connectivity index (χ1n) is 10.3. The van der Waals surface area contributed by atoms with Gasteiger partial charge in [0, 0.05) is 11.2 Å². The first kappa shape index (κ1) is 24.7. The number of aromatic hydroxyl groups is 1. The molecule has 9 nitrogen and oxygen atoms in total. The SMILES string of the molecule is COc1ccc([C@H](CC(=O)O)NC(=O)Nc2c(O)ccn(Cc3ccccc3Cl)c2=O)cc1C. The van der Waals surface area contributed by atoms with Crippen LogP contribution in [0.4, 0.5) is 10.5 Å². The summed E-state index contributed by atoms with van der Waals surface area (Å²) in [6.45, 7) is 1.92. The number of amides is 2. The van der Waals surface area contributed by atoms with Crippen LogP contribution in [0.1, 0.15) is 29.2 Å². The number of carbonyl (C=O) groups excluding carboxylic acids is 1. The third-order valence-electron chi connectivity index (χ3n) is 5.19. The molecule has 3 rings (SSSR count). The number of aryl methyl sites for hydroxylation is 1. The standard InChI is InChI=1S/C24H24ClN3O6/c1-14-11-15(7-8-20(14)34-2)18(12-21(30)31)26-24(33)27-22-19(29)9-10-28(23(22)32)13-16-5-3-4-6-17(16)25/h3-11,18,29H,12-13H2,1-2H3,(H,30,31)(H2,26,27,33)/t18-/m0/s1. The number of carboxylic acid groups (broad SMARTS) is 1. The Morgan fingerprint density at radius 3 is 2.56 bits per heavy atom. The molecule has 1 aromatic heterocycles. The van der Waals surface area contributed by atoms with Gasteiger partial charge in [-0.3, -0.25) is 9.59 Å². The first-order valence-corrected chi connectivity index (χ1v) is 10.7. The minimum atomic E-state index is -1.12. The molecule has 34 heavy (non-hydrogen) atoms. The van der Waals surface area contributed by atoms with E-state index in [1.807, 2.05) is 0 Å². The van der Waals surface area contributed by atoms with Crippen LogP contribution in [-0.4, -0.2) is 33.9 Å². The zero-order valence-corrected chi connectivity index (χ0v) is 19.3. The monoisotopic (exact) mass is 485 g/mol. The number of carbonyl (C=O) groups is 2. The van der Waals surface area contributed by atoms with Gasteiger partial charge in [0.1, 0.15) is 11.5 Å². The van der Waals surface area contributed by atoms with Gasteiger partial charge in [0.15, 0.2) is 5.69 Å². The highest BCUT2D eigenvalue weighted by molar-refractivity contribution is 6.31. The van der Waals surface area contributed by atoms with Gasteiger partial charge in [0.2, 0.25) is 0 Å². The van der Waals surface area contributed by atoms with Gasteiger partial charge in [-0.25, -0.2) is 4.79 Å². The molecule has 3 aromatic rings. The number of benzene rings is 2. The Labute approximate surface area is 200 Å². The van der Waals surface area contributed by atoms with Gasteiger partial charge in [0.25, 0.3) is 5.56 Å². The third-order valence-corrected chi connectivity index (χ3v) is 5.55. The lowest BCUT2D eigenvalue weighted by Gasteiger charge is -2.19. The molecule has 0 aliphatic heterocycles. The van der Waals surface area contributed by atoms with Crippen molar-refractivity contribution >= 4 is 29.3 Å². The lowest BCUT2D eigenvalue weighted by Crippen LogP contribution is -2.36. The molecule has 0 spiro atoms. The molecule has 2 aromatic carbocycles. The molecule has 1 heterocycles. The van der Waals surface area contributed by atoms with Gasteiger partial charge in [0.05, 0.1) is 26.1 Å². The molecule has 10 heteroatoms. The summed E-state index contributed by atoms with van der Waals surface area (Å²) in [7, 11) is 1.52. The van der Waals surface area contributed by atoms with E-state index in [1.165, 1.54) is 23.9 Å². The van der Waals surface area contributed by atoms with Crippen molar-refractivity contribution in [3.63, 3.8) is 0 Å². The number of rotatable bonds is 8. The van der Waals surface area contributed by atoms with E-state index < -0.39 is 35.8 Å². The third kappa shape index (κ3) is 5.87. The summed E-state index contributed by atoms with van der Waals surface area (Å²) in [5, 5.41) is 24.9. The van der Waals surface area contributed by atoms with Crippen molar-refractivity contribution in [1.29, 1.82) is 0 Å². The Bertz CT molecular complexity index is 1270. The average Bonchev–Trinajstić information content (AvgIpc) is 2.79. The summed E-state index contributed by atoms with van der Waals surface area (Å²) in [5.41, 5.74) is 1.01. The largest absolute Gasteiger partial charge is 0.505 e. The molecule has 0 saturated carbocycles. The van der Waals surface area contributed by atoms with Crippen LogP contribution < -0.4 is 20.9 Å². The highest BCUT2D eigenvalue weighted by Gasteiger charge is 2.21. The molecule has 4 N–H and O–H groups in total. The number of aromatic nitrogens is 1. The summed E-state index contributed by atoms with van der Waals surface area (Å²) in [6.07, 6.45) is 0.994. The minimum Gasteiger partial charge on any atom is -0.505 e. The fraction of sp³-hybridized carbons (Fsp3) is 0.208. The topological polar surface area (TPSA) is 130 Å². The second-order valence-electron chi connectivity index (χ2n) is 7.58. The molecule has 2 amide bonds. The molecule has 178 valence electrons. The molecule has 0 bridgehead atoms. The summed E-state index contributed by atoms with van der Waals surface area (Å²) in [6, 6.07) is 11.6. The molecule has 0 radical (unpaired) electrons. The number of methoxy groups -OCH3 is 1. The van der Waals surface area contributed by atoms with Crippen molar-refractivity contribution in [2.75, 3.05) is 12.4 Å². The smallest absolute Gasteiger partial charge is 0.319 e.